The second-order valence-electron chi connectivity index (χ2n) is 4.15. The molecule has 110 valence electrons. The number of amidine groups is 1. The van der Waals surface area contributed by atoms with Gasteiger partial charge in [0.1, 0.15) is 18.2 Å². The first-order valence-electron chi connectivity index (χ1n) is 5.85. The van der Waals surface area contributed by atoms with E-state index in [9.17, 15) is 4.39 Å². The molecule has 2 rings (SSSR count). The molecule has 0 radical (unpaired) electrons. The summed E-state index contributed by atoms with van der Waals surface area (Å²) in [4.78, 5) is 0. The lowest BCUT2D eigenvalue weighted by Crippen LogP contribution is -2.16. The molecule has 0 saturated carbocycles. The Hall–Kier alpha value is -1.98. The SMILES string of the molecule is NC(=NO)c1cc(F)ccc1COc1ccc(Cl)c(Cl)c1. The first kappa shape index (κ1) is 15.4. The summed E-state index contributed by atoms with van der Waals surface area (Å²) in [6, 6.07) is 8.76. The van der Waals surface area contributed by atoms with Crippen LogP contribution in [0.3, 0.4) is 0 Å². The van der Waals surface area contributed by atoms with Gasteiger partial charge in [0.2, 0.25) is 0 Å². The van der Waals surface area contributed by atoms with Gasteiger partial charge in [0.25, 0.3) is 0 Å². The Kier molecular flexibility index (Phi) is 4.88. The van der Waals surface area contributed by atoms with E-state index in [1.807, 2.05) is 0 Å². The topological polar surface area (TPSA) is 67.8 Å². The Morgan fingerprint density at radius 2 is 1.95 bits per heavy atom. The van der Waals surface area contributed by atoms with Gasteiger partial charge in [-0.05, 0) is 24.3 Å². The van der Waals surface area contributed by atoms with E-state index >= 15 is 0 Å². The quantitative estimate of drug-likeness (QED) is 0.388. The molecule has 3 N–H and O–H groups in total. The number of nitrogens with zero attached hydrogens (tertiary/aromatic N) is 1. The number of halogens is 3. The average Bonchev–Trinajstić information content (AvgIpc) is 2.48. The van der Waals surface area contributed by atoms with Gasteiger partial charge in [0, 0.05) is 17.2 Å². The summed E-state index contributed by atoms with van der Waals surface area (Å²) in [5.74, 6) is -0.184. The lowest BCUT2D eigenvalue weighted by atomic mass is 10.1. The summed E-state index contributed by atoms with van der Waals surface area (Å²) in [5.41, 5.74) is 6.35. The van der Waals surface area contributed by atoms with Crippen molar-refractivity contribution in [1.29, 1.82) is 0 Å². The van der Waals surface area contributed by atoms with Crippen LogP contribution in [0.2, 0.25) is 10.0 Å². The van der Waals surface area contributed by atoms with Gasteiger partial charge < -0.3 is 15.7 Å². The summed E-state index contributed by atoms with van der Waals surface area (Å²) in [5, 5.41) is 12.4. The van der Waals surface area contributed by atoms with Gasteiger partial charge >= 0.3 is 0 Å². The molecule has 0 aromatic heterocycles. The highest BCUT2D eigenvalue weighted by molar-refractivity contribution is 6.42. The molecule has 0 saturated heterocycles. The molecule has 0 bridgehead atoms. The highest BCUT2D eigenvalue weighted by Crippen LogP contribution is 2.27. The molecule has 0 aliphatic rings. The maximum atomic E-state index is 13.2. The summed E-state index contributed by atoms with van der Waals surface area (Å²) >= 11 is 11.7. The van der Waals surface area contributed by atoms with E-state index in [1.54, 1.807) is 18.2 Å². The van der Waals surface area contributed by atoms with Crippen LogP contribution in [0.15, 0.2) is 41.6 Å². The van der Waals surface area contributed by atoms with Crippen LogP contribution < -0.4 is 10.5 Å². The van der Waals surface area contributed by atoms with E-state index in [0.717, 1.165) is 0 Å². The highest BCUT2D eigenvalue weighted by Gasteiger charge is 2.10. The number of ether oxygens (including phenoxy) is 1. The van der Waals surface area contributed by atoms with E-state index in [4.69, 9.17) is 38.9 Å². The van der Waals surface area contributed by atoms with Gasteiger partial charge in [-0.2, -0.15) is 0 Å². The van der Waals surface area contributed by atoms with Gasteiger partial charge in [-0.3, -0.25) is 0 Å². The van der Waals surface area contributed by atoms with Crippen LogP contribution in [0, 0.1) is 5.82 Å². The van der Waals surface area contributed by atoms with E-state index in [0.29, 0.717) is 21.4 Å². The molecule has 2 aromatic rings. The van der Waals surface area contributed by atoms with Crippen molar-refractivity contribution in [3.05, 3.63) is 63.4 Å². The van der Waals surface area contributed by atoms with Crippen LogP contribution in [0.4, 0.5) is 4.39 Å². The zero-order valence-electron chi connectivity index (χ0n) is 10.7. The first-order valence-corrected chi connectivity index (χ1v) is 6.61. The standard InChI is InChI=1S/C14H11Cl2FN2O2/c15-12-4-3-10(6-13(12)16)21-7-8-1-2-9(17)5-11(8)14(18)19-20/h1-6,20H,7H2,(H2,18,19). The Balaban J connectivity index is 2.21. The average molecular weight is 329 g/mol. The predicted molar refractivity (Wildman–Crippen MR) is 79.7 cm³/mol. The molecule has 0 fully saturated rings. The third-order valence-electron chi connectivity index (χ3n) is 2.74. The maximum Gasteiger partial charge on any atom is 0.170 e. The predicted octanol–water partition coefficient (Wildman–Crippen LogP) is 3.81. The fourth-order valence-corrected chi connectivity index (χ4v) is 1.98. The molecule has 0 aliphatic carbocycles. The third-order valence-corrected chi connectivity index (χ3v) is 3.48. The van der Waals surface area contributed by atoms with Crippen molar-refractivity contribution in [2.75, 3.05) is 0 Å². The molecule has 0 aliphatic heterocycles. The van der Waals surface area contributed by atoms with Crippen LogP contribution in [0.1, 0.15) is 11.1 Å². The van der Waals surface area contributed by atoms with Gasteiger partial charge in [-0.15, -0.1) is 0 Å². The number of hydrogen-bond acceptors (Lipinski definition) is 3. The van der Waals surface area contributed by atoms with E-state index in [2.05, 4.69) is 5.16 Å². The Morgan fingerprint density at radius 3 is 2.62 bits per heavy atom. The monoisotopic (exact) mass is 328 g/mol. The Morgan fingerprint density at radius 1 is 1.19 bits per heavy atom. The van der Waals surface area contributed by atoms with E-state index in [1.165, 1.54) is 18.2 Å². The van der Waals surface area contributed by atoms with Gasteiger partial charge in [-0.25, -0.2) is 4.39 Å². The molecule has 0 spiro atoms. The van der Waals surface area contributed by atoms with Crippen molar-refractivity contribution < 1.29 is 14.3 Å². The minimum absolute atomic E-state index is 0.101. The lowest BCUT2D eigenvalue weighted by Gasteiger charge is -2.11. The molecule has 21 heavy (non-hydrogen) atoms. The number of oxime groups is 1. The number of hydrogen-bond donors (Lipinski definition) is 2. The first-order chi connectivity index (χ1) is 10.0. The normalized spacial score (nSPS) is 11.5. The third kappa shape index (κ3) is 3.77. The molecule has 0 atom stereocenters. The molecule has 0 unspecified atom stereocenters. The highest BCUT2D eigenvalue weighted by atomic mass is 35.5. The second kappa shape index (κ2) is 6.65. The molecule has 7 heteroatoms. The van der Waals surface area contributed by atoms with E-state index < -0.39 is 5.82 Å². The molecular weight excluding hydrogens is 318 g/mol. The van der Waals surface area contributed by atoms with Gasteiger partial charge in [0.05, 0.1) is 10.0 Å². The number of benzene rings is 2. The van der Waals surface area contributed by atoms with Crippen LogP contribution in [0.5, 0.6) is 5.75 Å². The van der Waals surface area contributed by atoms with Crippen LogP contribution >= 0.6 is 23.2 Å². The minimum atomic E-state index is -0.491. The Bertz CT molecular complexity index is 693. The zero-order valence-corrected chi connectivity index (χ0v) is 12.2. The van der Waals surface area contributed by atoms with Crippen molar-refractivity contribution in [3.63, 3.8) is 0 Å². The Labute approximate surface area is 130 Å². The van der Waals surface area contributed by atoms with Crippen molar-refractivity contribution in [2.24, 2.45) is 10.9 Å². The maximum absolute atomic E-state index is 13.2. The molecule has 0 heterocycles. The number of nitrogens with two attached hydrogens (primary N) is 1. The zero-order chi connectivity index (χ0) is 15.4. The summed E-state index contributed by atoms with van der Waals surface area (Å²) < 4.78 is 18.8. The van der Waals surface area contributed by atoms with Gasteiger partial charge in [-0.1, -0.05) is 34.4 Å². The van der Waals surface area contributed by atoms with Gasteiger partial charge in [0.15, 0.2) is 5.84 Å². The van der Waals surface area contributed by atoms with Crippen molar-refractivity contribution in [2.45, 2.75) is 6.61 Å². The lowest BCUT2D eigenvalue weighted by molar-refractivity contribution is 0.305. The summed E-state index contributed by atoms with van der Waals surface area (Å²) in [6.45, 7) is 0.101. The van der Waals surface area contributed by atoms with Crippen LogP contribution in [0.25, 0.3) is 0 Å². The van der Waals surface area contributed by atoms with Crippen molar-refractivity contribution in [1.82, 2.24) is 0 Å². The van der Waals surface area contributed by atoms with Crippen molar-refractivity contribution in [3.8, 4) is 5.75 Å². The minimum Gasteiger partial charge on any atom is -0.489 e. The molecular formula is C14H11Cl2FN2O2. The smallest absolute Gasteiger partial charge is 0.170 e. The molecule has 2 aromatic carbocycles. The van der Waals surface area contributed by atoms with Crippen LogP contribution in [-0.2, 0) is 6.61 Å². The summed E-state index contributed by atoms with van der Waals surface area (Å²) in [6.07, 6.45) is 0. The number of rotatable bonds is 4. The summed E-state index contributed by atoms with van der Waals surface area (Å²) in [7, 11) is 0. The van der Waals surface area contributed by atoms with E-state index in [-0.39, 0.29) is 18.0 Å². The fraction of sp³-hybridized carbons (Fsp3) is 0.0714. The largest absolute Gasteiger partial charge is 0.489 e. The van der Waals surface area contributed by atoms with Crippen LogP contribution in [-0.4, -0.2) is 11.0 Å². The van der Waals surface area contributed by atoms with Crippen molar-refractivity contribution >= 4 is 29.0 Å². The molecule has 4 nitrogen and oxygen atoms in total. The molecule has 0 amide bonds. The second-order valence-corrected chi connectivity index (χ2v) is 4.97. The fourth-order valence-electron chi connectivity index (χ4n) is 1.69.